The first-order valence-electron chi connectivity index (χ1n) is 5.48. The summed E-state index contributed by atoms with van der Waals surface area (Å²) in [7, 11) is 0. The Labute approximate surface area is 114 Å². The zero-order valence-electron chi connectivity index (χ0n) is 9.80. The highest BCUT2D eigenvalue weighted by Crippen LogP contribution is 2.16. The standard InChI is InChI=1S/C13H12BrN3O/c1-9(11-6-12(14)8-16-7-11)17-13(18)10-2-4-15-5-3-10/h2-9H,1H3,(H,17,18)/t9-/m0/s1. The van der Waals surface area contributed by atoms with Crippen LogP contribution in [0.2, 0.25) is 0 Å². The van der Waals surface area contributed by atoms with Crippen molar-refractivity contribution in [2.75, 3.05) is 0 Å². The predicted octanol–water partition coefficient (Wildman–Crippen LogP) is 2.73. The Hall–Kier alpha value is -1.75. The summed E-state index contributed by atoms with van der Waals surface area (Å²) in [4.78, 5) is 19.9. The Bertz CT molecular complexity index is 545. The van der Waals surface area contributed by atoms with Gasteiger partial charge in [-0.2, -0.15) is 0 Å². The molecule has 0 aliphatic rings. The molecule has 2 aromatic rings. The Morgan fingerprint density at radius 1 is 1.28 bits per heavy atom. The number of rotatable bonds is 3. The summed E-state index contributed by atoms with van der Waals surface area (Å²) in [5.41, 5.74) is 1.55. The number of aromatic nitrogens is 2. The smallest absolute Gasteiger partial charge is 0.251 e. The fraction of sp³-hybridized carbons (Fsp3) is 0.154. The van der Waals surface area contributed by atoms with Gasteiger partial charge in [0.1, 0.15) is 0 Å². The molecule has 0 bridgehead atoms. The van der Waals surface area contributed by atoms with Gasteiger partial charge in [0.25, 0.3) is 5.91 Å². The van der Waals surface area contributed by atoms with E-state index < -0.39 is 0 Å². The summed E-state index contributed by atoms with van der Waals surface area (Å²) < 4.78 is 0.894. The second-order valence-corrected chi connectivity index (χ2v) is 4.78. The van der Waals surface area contributed by atoms with Gasteiger partial charge < -0.3 is 5.32 Å². The first kappa shape index (κ1) is 12.7. The van der Waals surface area contributed by atoms with Gasteiger partial charge in [-0.05, 0) is 46.6 Å². The van der Waals surface area contributed by atoms with E-state index in [9.17, 15) is 4.79 Å². The second-order valence-electron chi connectivity index (χ2n) is 3.87. The predicted molar refractivity (Wildman–Crippen MR) is 72.1 cm³/mol. The van der Waals surface area contributed by atoms with Gasteiger partial charge in [-0.3, -0.25) is 14.8 Å². The molecule has 0 spiro atoms. The van der Waals surface area contributed by atoms with Crippen molar-refractivity contribution in [3.05, 3.63) is 58.6 Å². The molecular weight excluding hydrogens is 294 g/mol. The maximum absolute atomic E-state index is 11.9. The highest BCUT2D eigenvalue weighted by Gasteiger charge is 2.11. The first-order chi connectivity index (χ1) is 8.66. The van der Waals surface area contributed by atoms with Crippen LogP contribution in [0.25, 0.3) is 0 Å². The molecule has 2 aromatic heterocycles. The van der Waals surface area contributed by atoms with Crippen LogP contribution in [0.4, 0.5) is 0 Å². The lowest BCUT2D eigenvalue weighted by molar-refractivity contribution is 0.0939. The van der Waals surface area contributed by atoms with E-state index in [1.165, 1.54) is 0 Å². The molecular formula is C13H12BrN3O. The van der Waals surface area contributed by atoms with Crippen LogP contribution in [-0.2, 0) is 0 Å². The largest absolute Gasteiger partial charge is 0.345 e. The number of halogens is 1. The van der Waals surface area contributed by atoms with Gasteiger partial charge in [-0.15, -0.1) is 0 Å². The number of carbonyl (C=O) groups excluding carboxylic acids is 1. The molecule has 0 aromatic carbocycles. The van der Waals surface area contributed by atoms with Crippen molar-refractivity contribution < 1.29 is 4.79 Å². The molecule has 0 fully saturated rings. The summed E-state index contributed by atoms with van der Waals surface area (Å²) >= 11 is 3.36. The third-order valence-electron chi connectivity index (χ3n) is 2.52. The van der Waals surface area contributed by atoms with Crippen molar-refractivity contribution >= 4 is 21.8 Å². The minimum absolute atomic E-state index is 0.101. The fourth-order valence-corrected chi connectivity index (χ4v) is 1.91. The average Bonchev–Trinajstić information content (AvgIpc) is 2.39. The van der Waals surface area contributed by atoms with E-state index in [1.54, 1.807) is 36.9 Å². The van der Waals surface area contributed by atoms with Gasteiger partial charge in [-0.1, -0.05) is 0 Å². The molecule has 0 unspecified atom stereocenters. The molecule has 2 heterocycles. The van der Waals surface area contributed by atoms with Gasteiger partial charge in [-0.25, -0.2) is 0 Å². The summed E-state index contributed by atoms with van der Waals surface area (Å²) in [6, 6.07) is 5.20. The van der Waals surface area contributed by atoms with Crippen molar-refractivity contribution in [2.24, 2.45) is 0 Å². The van der Waals surface area contributed by atoms with E-state index in [4.69, 9.17) is 0 Å². The van der Waals surface area contributed by atoms with Gasteiger partial charge in [0.15, 0.2) is 0 Å². The molecule has 4 nitrogen and oxygen atoms in total. The van der Waals surface area contributed by atoms with Crippen LogP contribution in [0.5, 0.6) is 0 Å². The molecule has 0 aliphatic carbocycles. The molecule has 0 saturated heterocycles. The average molecular weight is 306 g/mol. The van der Waals surface area contributed by atoms with Crippen LogP contribution < -0.4 is 5.32 Å². The maximum Gasteiger partial charge on any atom is 0.251 e. The van der Waals surface area contributed by atoms with Crippen molar-refractivity contribution in [1.82, 2.24) is 15.3 Å². The van der Waals surface area contributed by atoms with Gasteiger partial charge >= 0.3 is 0 Å². The molecule has 18 heavy (non-hydrogen) atoms. The van der Waals surface area contributed by atoms with Crippen LogP contribution in [0.3, 0.4) is 0 Å². The molecule has 1 amide bonds. The molecule has 0 saturated carbocycles. The topological polar surface area (TPSA) is 54.9 Å². The number of hydrogen-bond donors (Lipinski definition) is 1. The molecule has 2 rings (SSSR count). The Morgan fingerprint density at radius 2 is 2.00 bits per heavy atom. The second kappa shape index (κ2) is 5.73. The summed E-state index contributed by atoms with van der Waals surface area (Å²) in [6.45, 7) is 1.92. The minimum Gasteiger partial charge on any atom is -0.345 e. The molecule has 0 radical (unpaired) electrons. The highest BCUT2D eigenvalue weighted by atomic mass is 79.9. The summed E-state index contributed by atoms with van der Waals surface area (Å²) in [5.74, 6) is -0.120. The molecule has 0 aliphatic heterocycles. The number of hydrogen-bond acceptors (Lipinski definition) is 3. The lowest BCUT2D eigenvalue weighted by Gasteiger charge is -2.14. The Balaban J connectivity index is 2.08. The van der Waals surface area contributed by atoms with E-state index in [-0.39, 0.29) is 11.9 Å². The van der Waals surface area contributed by atoms with E-state index in [2.05, 4.69) is 31.2 Å². The number of carbonyl (C=O) groups is 1. The lowest BCUT2D eigenvalue weighted by Crippen LogP contribution is -2.26. The summed E-state index contributed by atoms with van der Waals surface area (Å²) in [6.07, 6.45) is 6.64. The van der Waals surface area contributed by atoms with Crippen molar-refractivity contribution in [3.8, 4) is 0 Å². The van der Waals surface area contributed by atoms with Crippen LogP contribution in [-0.4, -0.2) is 15.9 Å². The summed E-state index contributed by atoms with van der Waals surface area (Å²) in [5, 5.41) is 2.91. The third-order valence-corrected chi connectivity index (χ3v) is 2.95. The monoisotopic (exact) mass is 305 g/mol. The normalized spacial score (nSPS) is 11.9. The molecule has 5 heteroatoms. The Kier molecular flexibility index (Phi) is 4.04. The molecule has 92 valence electrons. The zero-order valence-corrected chi connectivity index (χ0v) is 11.4. The van der Waals surface area contributed by atoms with E-state index in [0.717, 1.165) is 10.0 Å². The van der Waals surface area contributed by atoms with Crippen molar-refractivity contribution in [2.45, 2.75) is 13.0 Å². The number of amides is 1. The van der Waals surface area contributed by atoms with E-state index in [0.29, 0.717) is 5.56 Å². The fourth-order valence-electron chi connectivity index (χ4n) is 1.53. The lowest BCUT2D eigenvalue weighted by atomic mass is 10.1. The highest BCUT2D eigenvalue weighted by molar-refractivity contribution is 9.10. The van der Waals surface area contributed by atoms with Crippen molar-refractivity contribution in [3.63, 3.8) is 0 Å². The third kappa shape index (κ3) is 3.13. The SMILES string of the molecule is C[C@H](NC(=O)c1ccncc1)c1cncc(Br)c1. The van der Waals surface area contributed by atoms with Crippen LogP contribution in [0, 0.1) is 0 Å². The van der Waals surface area contributed by atoms with Crippen LogP contribution in [0.15, 0.2) is 47.5 Å². The van der Waals surface area contributed by atoms with Crippen molar-refractivity contribution in [1.29, 1.82) is 0 Å². The quantitative estimate of drug-likeness (QED) is 0.948. The van der Waals surface area contributed by atoms with Gasteiger partial charge in [0, 0.05) is 34.8 Å². The van der Waals surface area contributed by atoms with Gasteiger partial charge in [0.05, 0.1) is 6.04 Å². The Morgan fingerprint density at radius 3 is 2.67 bits per heavy atom. The van der Waals surface area contributed by atoms with Gasteiger partial charge in [0.2, 0.25) is 0 Å². The molecule has 1 N–H and O–H groups in total. The number of nitrogens with zero attached hydrogens (tertiary/aromatic N) is 2. The molecule has 1 atom stereocenters. The van der Waals surface area contributed by atoms with Crippen LogP contribution in [0.1, 0.15) is 28.9 Å². The van der Waals surface area contributed by atoms with E-state index >= 15 is 0 Å². The van der Waals surface area contributed by atoms with E-state index in [1.807, 2.05) is 13.0 Å². The maximum atomic E-state index is 11.9. The van der Waals surface area contributed by atoms with Crippen LogP contribution >= 0.6 is 15.9 Å². The minimum atomic E-state index is -0.120. The number of pyridine rings is 2. The number of nitrogens with one attached hydrogen (secondary N) is 1. The zero-order chi connectivity index (χ0) is 13.0. The first-order valence-corrected chi connectivity index (χ1v) is 6.27.